The van der Waals surface area contributed by atoms with Crippen molar-refractivity contribution in [1.82, 2.24) is 0 Å². The van der Waals surface area contributed by atoms with Gasteiger partial charge in [-0.25, -0.2) is 0 Å². The van der Waals surface area contributed by atoms with Gasteiger partial charge >= 0.3 is 0 Å². The van der Waals surface area contributed by atoms with Crippen LogP contribution in [0.1, 0.15) is 25.0 Å². The van der Waals surface area contributed by atoms with Crippen LogP contribution in [0, 0.1) is 18.3 Å². The lowest BCUT2D eigenvalue weighted by Crippen LogP contribution is -1.79. The molecule has 0 aliphatic carbocycles. The molecule has 0 fully saturated rings. The maximum atomic E-state index is 8.51. The minimum atomic E-state index is 0.543. The highest BCUT2D eigenvalue weighted by molar-refractivity contribution is 6.32. The van der Waals surface area contributed by atoms with Crippen molar-refractivity contribution in [2.45, 2.75) is 20.8 Å². The van der Waals surface area contributed by atoms with Crippen molar-refractivity contribution in [3.63, 3.8) is 0 Å². The van der Waals surface area contributed by atoms with Crippen LogP contribution in [-0.4, -0.2) is 0 Å². The summed E-state index contributed by atoms with van der Waals surface area (Å²) in [7, 11) is 0. The Bertz CT molecular complexity index is 286. The lowest BCUT2D eigenvalue weighted by atomic mass is 10.1. The molecule has 1 aromatic carbocycles. The molecule has 0 bridgehead atoms. The normalized spacial score (nSPS) is 7.92. The van der Waals surface area contributed by atoms with Crippen molar-refractivity contribution in [1.29, 1.82) is 5.26 Å². The summed E-state index contributed by atoms with van der Waals surface area (Å²) in [5.41, 5.74) is 1.49. The SMILES string of the molecule is CC.Cc1cccc(C#N)c1Cl. The third-order valence-electron chi connectivity index (χ3n) is 1.31. The molecule has 1 nitrogen and oxygen atoms in total. The molecule has 0 aliphatic heterocycles. The van der Waals surface area contributed by atoms with Gasteiger partial charge in [-0.05, 0) is 18.6 Å². The molecule has 0 saturated carbocycles. The number of benzene rings is 1. The Labute approximate surface area is 78.6 Å². The first-order chi connectivity index (χ1) is 5.75. The van der Waals surface area contributed by atoms with Crippen molar-refractivity contribution in [3.05, 3.63) is 34.3 Å². The Balaban J connectivity index is 0.000000561. The maximum Gasteiger partial charge on any atom is 0.101 e. The standard InChI is InChI=1S/C8H6ClN.C2H6/c1-6-3-2-4-7(5-10)8(6)9;1-2/h2-4H,1H3;1-2H3. The topological polar surface area (TPSA) is 23.8 Å². The molecule has 0 atom stereocenters. The van der Waals surface area contributed by atoms with Crippen molar-refractivity contribution in [2.24, 2.45) is 0 Å². The number of nitrogens with zero attached hydrogens (tertiary/aromatic N) is 1. The van der Waals surface area contributed by atoms with Crippen LogP contribution in [0.4, 0.5) is 0 Å². The van der Waals surface area contributed by atoms with Crippen molar-refractivity contribution >= 4 is 11.6 Å². The van der Waals surface area contributed by atoms with E-state index in [1.165, 1.54) is 0 Å². The van der Waals surface area contributed by atoms with E-state index in [2.05, 4.69) is 0 Å². The predicted molar refractivity (Wildman–Crippen MR) is 52.3 cm³/mol. The molecule has 0 saturated heterocycles. The smallest absolute Gasteiger partial charge is 0.101 e. The summed E-state index contributed by atoms with van der Waals surface area (Å²) in [6.07, 6.45) is 0. The van der Waals surface area contributed by atoms with E-state index in [0.29, 0.717) is 10.6 Å². The second kappa shape index (κ2) is 5.62. The largest absolute Gasteiger partial charge is 0.192 e. The fourth-order valence-electron chi connectivity index (χ4n) is 0.734. The van der Waals surface area contributed by atoms with E-state index in [0.717, 1.165) is 5.56 Å². The maximum absolute atomic E-state index is 8.51. The fourth-order valence-corrected chi connectivity index (χ4v) is 0.902. The van der Waals surface area contributed by atoms with Gasteiger partial charge in [-0.2, -0.15) is 5.26 Å². The average Bonchev–Trinajstić information content (AvgIpc) is 2.13. The van der Waals surface area contributed by atoms with Crippen LogP contribution in [-0.2, 0) is 0 Å². The van der Waals surface area contributed by atoms with Crippen LogP contribution in [0.3, 0.4) is 0 Å². The lowest BCUT2D eigenvalue weighted by molar-refractivity contribution is 1.42. The Morgan fingerprint density at radius 2 is 1.92 bits per heavy atom. The summed E-state index contributed by atoms with van der Waals surface area (Å²) in [6, 6.07) is 7.41. The van der Waals surface area contributed by atoms with Gasteiger partial charge in [0.25, 0.3) is 0 Å². The van der Waals surface area contributed by atoms with Gasteiger partial charge in [-0.3, -0.25) is 0 Å². The van der Waals surface area contributed by atoms with Crippen LogP contribution in [0.25, 0.3) is 0 Å². The highest BCUT2D eigenvalue weighted by Crippen LogP contribution is 2.18. The summed E-state index contributed by atoms with van der Waals surface area (Å²) in [4.78, 5) is 0. The Hall–Kier alpha value is -1.00. The predicted octanol–water partition coefficient (Wildman–Crippen LogP) is 3.55. The summed E-state index contributed by atoms with van der Waals surface area (Å²) in [5.74, 6) is 0. The highest BCUT2D eigenvalue weighted by Gasteiger charge is 1.99. The van der Waals surface area contributed by atoms with Crippen LogP contribution < -0.4 is 0 Å². The van der Waals surface area contributed by atoms with Crippen LogP contribution in [0.5, 0.6) is 0 Å². The third-order valence-corrected chi connectivity index (χ3v) is 1.81. The van der Waals surface area contributed by atoms with Crippen LogP contribution >= 0.6 is 11.6 Å². The quantitative estimate of drug-likeness (QED) is 0.601. The molecule has 0 spiro atoms. The highest BCUT2D eigenvalue weighted by atomic mass is 35.5. The zero-order chi connectivity index (χ0) is 9.56. The van der Waals surface area contributed by atoms with Gasteiger partial charge in [-0.15, -0.1) is 0 Å². The summed E-state index contributed by atoms with van der Waals surface area (Å²) >= 11 is 5.77. The van der Waals surface area contributed by atoms with Gasteiger partial charge in [0.05, 0.1) is 10.6 Å². The molecule has 64 valence electrons. The van der Waals surface area contributed by atoms with E-state index >= 15 is 0 Å². The molecule has 0 amide bonds. The average molecular weight is 182 g/mol. The third kappa shape index (κ3) is 2.56. The molecule has 2 heteroatoms. The first-order valence-corrected chi connectivity index (χ1v) is 4.28. The van der Waals surface area contributed by atoms with E-state index in [4.69, 9.17) is 16.9 Å². The molecule has 12 heavy (non-hydrogen) atoms. The molecule has 0 N–H and O–H groups in total. The number of nitriles is 1. The Kier molecular flexibility index (Phi) is 5.16. The first-order valence-electron chi connectivity index (χ1n) is 3.91. The number of rotatable bonds is 0. The van der Waals surface area contributed by atoms with Crippen LogP contribution in [0.2, 0.25) is 5.02 Å². The van der Waals surface area contributed by atoms with Gasteiger partial charge in [0.15, 0.2) is 0 Å². The zero-order valence-corrected chi connectivity index (χ0v) is 8.31. The van der Waals surface area contributed by atoms with E-state index in [1.54, 1.807) is 6.07 Å². The van der Waals surface area contributed by atoms with E-state index in [9.17, 15) is 0 Å². The summed E-state index contributed by atoms with van der Waals surface area (Å²) < 4.78 is 0. The second-order valence-corrected chi connectivity index (χ2v) is 2.43. The number of aryl methyl sites for hydroxylation is 1. The monoisotopic (exact) mass is 181 g/mol. The minimum Gasteiger partial charge on any atom is -0.192 e. The number of hydrogen-bond acceptors (Lipinski definition) is 1. The van der Waals surface area contributed by atoms with E-state index in [1.807, 2.05) is 39.0 Å². The summed E-state index contributed by atoms with van der Waals surface area (Å²) in [5, 5.41) is 9.07. The molecule has 1 rings (SSSR count). The van der Waals surface area contributed by atoms with Gasteiger partial charge in [0.1, 0.15) is 6.07 Å². The Morgan fingerprint density at radius 1 is 1.33 bits per heavy atom. The molecular formula is C10H12ClN. The molecular weight excluding hydrogens is 170 g/mol. The van der Waals surface area contributed by atoms with Crippen molar-refractivity contribution in [2.75, 3.05) is 0 Å². The van der Waals surface area contributed by atoms with Crippen molar-refractivity contribution < 1.29 is 0 Å². The molecule has 1 aromatic rings. The van der Waals surface area contributed by atoms with E-state index in [-0.39, 0.29) is 0 Å². The van der Waals surface area contributed by atoms with E-state index < -0.39 is 0 Å². The van der Waals surface area contributed by atoms with Gasteiger partial charge in [-0.1, -0.05) is 37.6 Å². The molecule has 0 radical (unpaired) electrons. The number of halogens is 1. The first kappa shape index (κ1) is 11.0. The zero-order valence-electron chi connectivity index (χ0n) is 7.56. The summed E-state index contributed by atoms with van der Waals surface area (Å²) in [6.45, 7) is 5.88. The fraction of sp³-hybridized carbons (Fsp3) is 0.300. The minimum absolute atomic E-state index is 0.543. The Morgan fingerprint density at radius 3 is 2.33 bits per heavy atom. The molecule has 0 aliphatic rings. The number of hydrogen-bond donors (Lipinski definition) is 0. The van der Waals surface area contributed by atoms with Gasteiger partial charge in [0, 0.05) is 0 Å². The molecule has 0 heterocycles. The van der Waals surface area contributed by atoms with Gasteiger partial charge < -0.3 is 0 Å². The van der Waals surface area contributed by atoms with Crippen molar-refractivity contribution in [3.8, 4) is 6.07 Å². The lowest BCUT2D eigenvalue weighted by Gasteiger charge is -1.96. The molecule has 0 aromatic heterocycles. The molecule has 0 unspecified atom stereocenters. The second-order valence-electron chi connectivity index (χ2n) is 2.05. The van der Waals surface area contributed by atoms with Crippen LogP contribution in [0.15, 0.2) is 18.2 Å². The van der Waals surface area contributed by atoms with Gasteiger partial charge in [0.2, 0.25) is 0 Å².